The number of carbonyl (C=O) groups excluding carboxylic acids is 2. The van der Waals surface area contributed by atoms with Crippen molar-refractivity contribution in [3.63, 3.8) is 0 Å². The fraction of sp³-hybridized carbons (Fsp3) is 0.440. The molecule has 0 bridgehead atoms. The van der Waals surface area contributed by atoms with E-state index in [1.807, 2.05) is 20.8 Å². The van der Waals surface area contributed by atoms with Crippen LogP contribution in [-0.2, 0) is 16.1 Å². The Bertz CT molecular complexity index is 1130. The van der Waals surface area contributed by atoms with Gasteiger partial charge in [-0.15, -0.1) is 0 Å². The van der Waals surface area contributed by atoms with Gasteiger partial charge in [0.1, 0.15) is 12.0 Å². The van der Waals surface area contributed by atoms with Crippen LogP contribution in [0.2, 0.25) is 5.02 Å². The van der Waals surface area contributed by atoms with Gasteiger partial charge in [-0.2, -0.15) is 0 Å². The quantitative estimate of drug-likeness (QED) is 0.560. The fourth-order valence-corrected chi connectivity index (χ4v) is 3.56. The molecule has 1 saturated heterocycles. The molecule has 0 spiro atoms. The lowest BCUT2D eigenvalue weighted by Gasteiger charge is -2.32. The molecular formula is C25H29ClFN5O2. The van der Waals surface area contributed by atoms with E-state index in [9.17, 15) is 9.59 Å². The summed E-state index contributed by atoms with van der Waals surface area (Å²) in [5.74, 6) is 5.15. The molecule has 2 atom stereocenters. The maximum Gasteiger partial charge on any atom is 0.223 e. The average molecular weight is 486 g/mol. The third-order valence-corrected chi connectivity index (χ3v) is 5.49. The molecule has 2 aromatic rings. The molecule has 1 aromatic heterocycles. The van der Waals surface area contributed by atoms with Crippen molar-refractivity contribution in [2.45, 2.75) is 59.8 Å². The number of hydrogen-bond acceptors (Lipinski definition) is 5. The highest BCUT2D eigenvalue weighted by Gasteiger charge is 2.32. The van der Waals surface area contributed by atoms with Gasteiger partial charge in [-0.3, -0.25) is 14.9 Å². The summed E-state index contributed by atoms with van der Waals surface area (Å²) in [5, 5.41) is 8.84. The maximum atomic E-state index is 15.4. The molecule has 34 heavy (non-hydrogen) atoms. The minimum absolute atomic E-state index is 0.0159. The first kappa shape index (κ1) is 25.6. The molecule has 0 aliphatic carbocycles. The van der Waals surface area contributed by atoms with E-state index in [4.69, 9.17) is 11.6 Å². The number of carbonyl (C=O) groups is 2. The van der Waals surface area contributed by atoms with Crippen LogP contribution in [0.1, 0.15) is 75.8 Å². The van der Waals surface area contributed by atoms with Gasteiger partial charge in [0.05, 0.1) is 5.02 Å². The number of aromatic nitrogens is 2. The second-order valence-electron chi connectivity index (χ2n) is 9.57. The minimum atomic E-state index is -0.861. The van der Waals surface area contributed by atoms with E-state index >= 15 is 4.39 Å². The Labute approximate surface area is 204 Å². The Hall–Kier alpha value is -3.02. The second kappa shape index (κ2) is 10.5. The van der Waals surface area contributed by atoms with Crippen molar-refractivity contribution in [1.82, 2.24) is 25.9 Å². The summed E-state index contributed by atoms with van der Waals surface area (Å²) in [6.07, 6.45) is 2.50. The number of halogens is 2. The second-order valence-corrected chi connectivity index (χ2v) is 9.98. The van der Waals surface area contributed by atoms with E-state index < -0.39 is 18.0 Å². The highest BCUT2D eigenvalue weighted by molar-refractivity contribution is 6.31. The zero-order valence-corrected chi connectivity index (χ0v) is 20.7. The Morgan fingerprint density at radius 2 is 1.97 bits per heavy atom. The van der Waals surface area contributed by atoms with E-state index in [1.54, 1.807) is 32.3 Å². The molecule has 2 amide bonds. The predicted molar refractivity (Wildman–Crippen MR) is 128 cm³/mol. The molecular weight excluding hydrogens is 457 g/mol. The standard InChI is InChI=1S/C25H29ClFN5O2/c1-14(2)24(34)30-11-15-6-7-17(26)21(22(15)27)23-31-18(10-20(33)32-23)16-12-28-19(29-13-16)8-9-25(3,4)5/h6-7,12-14,18,23,31H,10-11H2,1-5H3,(H,30,34)(H,32,33). The molecule has 7 nitrogen and oxygen atoms in total. The number of rotatable bonds is 5. The third-order valence-electron chi connectivity index (χ3n) is 5.16. The van der Waals surface area contributed by atoms with E-state index in [0.717, 1.165) is 0 Å². The molecule has 1 aromatic carbocycles. The first-order valence-electron chi connectivity index (χ1n) is 11.1. The van der Waals surface area contributed by atoms with Crippen molar-refractivity contribution in [3.05, 3.63) is 57.9 Å². The summed E-state index contributed by atoms with van der Waals surface area (Å²) in [7, 11) is 0. The maximum absolute atomic E-state index is 15.4. The number of hydrogen-bond donors (Lipinski definition) is 3. The summed E-state index contributed by atoms with van der Waals surface area (Å²) >= 11 is 6.32. The molecule has 0 radical (unpaired) electrons. The predicted octanol–water partition coefficient (Wildman–Crippen LogP) is 3.79. The van der Waals surface area contributed by atoms with Crippen molar-refractivity contribution in [3.8, 4) is 11.8 Å². The number of amides is 2. The van der Waals surface area contributed by atoms with E-state index in [1.165, 1.54) is 6.07 Å². The molecule has 180 valence electrons. The van der Waals surface area contributed by atoms with Crippen molar-refractivity contribution >= 4 is 23.4 Å². The van der Waals surface area contributed by atoms with Crippen molar-refractivity contribution < 1.29 is 14.0 Å². The highest BCUT2D eigenvalue weighted by Crippen LogP contribution is 2.32. The van der Waals surface area contributed by atoms with Crippen LogP contribution < -0.4 is 16.0 Å². The molecule has 3 rings (SSSR count). The Morgan fingerprint density at radius 1 is 1.29 bits per heavy atom. The SMILES string of the molecule is CC(C)C(=O)NCc1ccc(Cl)c(C2NC(=O)CC(c3cnc(C#CC(C)(C)C)nc3)N2)c1F. The zero-order chi connectivity index (χ0) is 25.0. The van der Waals surface area contributed by atoms with Crippen molar-refractivity contribution in [2.24, 2.45) is 11.3 Å². The largest absolute Gasteiger partial charge is 0.352 e. The Kier molecular flexibility index (Phi) is 7.90. The molecule has 9 heteroatoms. The van der Waals surface area contributed by atoms with Crippen LogP contribution in [-0.4, -0.2) is 21.8 Å². The smallest absolute Gasteiger partial charge is 0.223 e. The van der Waals surface area contributed by atoms with E-state index in [0.29, 0.717) is 11.4 Å². The normalized spacial score (nSPS) is 18.2. The van der Waals surface area contributed by atoms with E-state index in [-0.39, 0.29) is 52.3 Å². The first-order valence-corrected chi connectivity index (χ1v) is 11.5. The molecule has 3 N–H and O–H groups in total. The van der Waals surface area contributed by atoms with Crippen LogP contribution in [0.15, 0.2) is 24.5 Å². The number of benzene rings is 1. The van der Waals surface area contributed by atoms with Crippen LogP contribution >= 0.6 is 11.6 Å². The van der Waals surface area contributed by atoms with Gasteiger partial charge < -0.3 is 10.6 Å². The molecule has 1 aliphatic heterocycles. The number of nitrogens with zero attached hydrogens (tertiary/aromatic N) is 2. The van der Waals surface area contributed by atoms with Gasteiger partial charge in [0.2, 0.25) is 17.6 Å². The zero-order valence-electron chi connectivity index (χ0n) is 19.9. The summed E-state index contributed by atoms with van der Waals surface area (Å²) in [4.78, 5) is 32.9. The number of nitrogens with one attached hydrogen (secondary N) is 3. The van der Waals surface area contributed by atoms with Gasteiger partial charge in [-0.05, 0) is 32.8 Å². The lowest BCUT2D eigenvalue weighted by atomic mass is 9.98. The van der Waals surface area contributed by atoms with Gasteiger partial charge in [0.25, 0.3) is 0 Å². The average Bonchev–Trinajstić information content (AvgIpc) is 2.76. The van der Waals surface area contributed by atoms with Crippen LogP contribution in [0.3, 0.4) is 0 Å². The van der Waals surface area contributed by atoms with Crippen LogP contribution in [0.4, 0.5) is 4.39 Å². The van der Waals surface area contributed by atoms with Gasteiger partial charge in [0.15, 0.2) is 0 Å². The van der Waals surface area contributed by atoms with Crippen molar-refractivity contribution in [1.29, 1.82) is 0 Å². The topological polar surface area (TPSA) is 96.0 Å². The minimum Gasteiger partial charge on any atom is -0.352 e. The lowest BCUT2D eigenvalue weighted by molar-refractivity contribution is -0.125. The first-order chi connectivity index (χ1) is 15.9. The van der Waals surface area contributed by atoms with Crippen LogP contribution in [0, 0.1) is 29.0 Å². The molecule has 1 aliphatic rings. The Morgan fingerprint density at radius 3 is 2.59 bits per heavy atom. The third kappa shape index (κ3) is 6.52. The molecule has 2 unspecified atom stereocenters. The van der Waals surface area contributed by atoms with Gasteiger partial charge in [-0.25, -0.2) is 14.4 Å². The van der Waals surface area contributed by atoms with Crippen LogP contribution in [0.25, 0.3) is 0 Å². The Balaban J connectivity index is 1.82. The molecule has 1 fully saturated rings. The summed E-state index contributed by atoms with van der Waals surface area (Å²) in [5.41, 5.74) is 0.896. The van der Waals surface area contributed by atoms with E-state index in [2.05, 4.69) is 37.8 Å². The van der Waals surface area contributed by atoms with Crippen LogP contribution in [0.5, 0.6) is 0 Å². The van der Waals surface area contributed by atoms with Gasteiger partial charge >= 0.3 is 0 Å². The summed E-state index contributed by atoms with van der Waals surface area (Å²) < 4.78 is 15.4. The van der Waals surface area contributed by atoms with Gasteiger partial charge in [0, 0.05) is 59.4 Å². The summed E-state index contributed by atoms with van der Waals surface area (Å²) in [6.45, 7) is 9.52. The van der Waals surface area contributed by atoms with Crippen molar-refractivity contribution in [2.75, 3.05) is 0 Å². The summed E-state index contributed by atoms with van der Waals surface area (Å²) in [6, 6.07) is 2.64. The highest BCUT2D eigenvalue weighted by atomic mass is 35.5. The molecule has 0 saturated carbocycles. The lowest BCUT2D eigenvalue weighted by Crippen LogP contribution is -2.47. The molecule has 2 heterocycles. The van der Waals surface area contributed by atoms with Gasteiger partial charge in [-0.1, -0.05) is 37.4 Å². The fourth-order valence-electron chi connectivity index (χ4n) is 3.30. The monoisotopic (exact) mass is 485 g/mol.